The zero-order valence-electron chi connectivity index (χ0n) is 10.00. The van der Waals surface area contributed by atoms with E-state index in [4.69, 9.17) is 10.5 Å². The van der Waals surface area contributed by atoms with Crippen molar-refractivity contribution in [2.45, 2.75) is 10.6 Å². The van der Waals surface area contributed by atoms with Crippen molar-refractivity contribution in [2.75, 3.05) is 12.8 Å². The quantitative estimate of drug-likeness (QED) is 0.856. The van der Waals surface area contributed by atoms with E-state index < -0.39 is 10.8 Å². The number of aromatic nitrogens is 1. The van der Waals surface area contributed by atoms with Crippen LogP contribution in [-0.2, 0) is 16.6 Å². The number of benzene rings is 1. The van der Waals surface area contributed by atoms with Gasteiger partial charge in [0.1, 0.15) is 5.75 Å². The molecule has 0 saturated carbocycles. The molecule has 1 atom stereocenters. The Hall–Kier alpha value is -1.88. The summed E-state index contributed by atoms with van der Waals surface area (Å²) in [4.78, 5) is 4.65. The summed E-state index contributed by atoms with van der Waals surface area (Å²) in [5.74, 6) is 0.964. The smallest absolute Gasteiger partial charge is 0.137 e. The summed E-state index contributed by atoms with van der Waals surface area (Å²) in [5, 5.41) is 0. The molecule has 0 fully saturated rings. The largest absolute Gasteiger partial charge is 0.495 e. The third kappa shape index (κ3) is 2.87. The van der Waals surface area contributed by atoms with E-state index in [9.17, 15) is 4.21 Å². The van der Waals surface area contributed by atoms with Crippen LogP contribution in [0.15, 0.2) is 47.6 Å². The number of hydrogen-bond donors (Lipinski definition) is 1. The molecule has 1 unspecified atom stereocenters. The minimum Gasteiger partial charge on any atom is -0.495 e. The van der Waals surface area contributed by atoms with Gasteiger partial charge in [0.05, 0.1) is 28.6 Å². The van der Waals surface area contributed by atoms with Crippen LogP contribution in [0.3, 0.4) is 0 Å². The summed E-state index contributed by atoms with van der Waals surface area (Å²) >= 11 is 0. The van der Waals surface area contributed by atoms with Gasteiger partial charge in [0.15, 0.2) is 0 Å². The monoisotopic (exact) mass is 262 g/mol. The van der Waals surface area contributed by atoms with E-state index in [0.717, 1.165) is 5.56 Å². The molecule has 2 rings (SSSR count). The van der Waals surface area contributed by atoms with Crippen molar-refractivity contribution in [1.82, 2.24) is 4.98 Å². The highest BCUT2D eigenvalue weighted by Gasteiger charge is 2.11. The van der Waals surface area contributed by atoms with Crippen LogP contribution in [0, 0.1) is 0 Å². The maximum absolute atomic E-state index is 12.3. The van der Waals surface area contributed by atoms with Crippen LogP contribution >= 0.6 is 0 Å². The fraction of sp³-hybridized carbons (Fsp3) is 0.154. The Labute approximate surface area is 108 Å². The Balaban J connectivity index is 2.24. The van der Waals surface area contributed by atoms with Crippen LogP contribution < -0.4 is 10.5 Å². The molecule has 0 radical (unpaired) electrons. The zero-order chi connectivity index (χ0) is 13.0. The molecule has 0 amide bonds. The predicted octanol–water partition coefficient (Wildman–Crippen LogP) is 1.98. The molecular formula is C13H14N2O2S. The molecule has 0 spiro atoms. The number of methoxy groups -OCH3 is 1. The highest BCUT2D eigenvalue weighted by Crippen LogP contribution is 2.26. The van der Waals surface area contributed by atoms with E-state index in [2.05, 4.69) is 4.98 Å². The van der Waals surface area contributed by atoms with Gasteiger partial charge in [-0.3, -0.25) is 9.19 Å². The molecule has 94 valence electrons. The van der Waals surface area contributed by atoms with Gasteiger partial charge >= 0.3 is 0 Å². The van der Waals surface area contributed by atoms with Crippen LogP contribution in [0.4, 0.5) is 5.69 Å². The number of anilines is 1. The van der Waals surface area contributed by atoms with Crippen molar-refractivity contribution in [3.63, 3.8) is 0 Å². The first-order valence-electron chi connectivity index (χ1n) is 5.41. The molecule has 1 heterocycles. The fourth-order valence-corrected chi connectivity index (χ4v) is 2.80. The van der Waals surface area contributed by atoms with E-state index in [-0.39, 0.29) is 0 Å². The van der Waals surface area contributed by atoms with Gasteiger partial charge in [0.2, 0.25) is 0 Å². The average molecular weight is 262 g/mol. The number of ether oxygens (including phenoxy) is 1. The zero-order valence-corrected chi connectivity index (χ0v) is 10.8. The molecule has 1 aromatic heterocycles. The minimum atomic E-state index is -1.17. The van der Waals surface area contributed by atoms with Gasteiger partial charge in [0.25, 0.3) is 0 Å². The molecule has 0 aliphatic carbocycles. The van der Waals surface area contributed by atoms with Crippen LogP contribution in [0.1, 0.15) is 5.56 Å². The summed E-state index contributed by atoms with van der Waals surface area (Å²) in [6.45, 7) is 0. The normalized spacial score (nSPS) is 12.1. The van der Waals surface area contributed by atoms with Crippen molar-refractivity contribution in [3.8, 4) is 5.75 Å². The number of rotatable bonds is 4. The van der Waals surface area contributed by atoms with E-state index in [0.29, 0.717) is 22.1 Å². The lowest BCUT2D eigenvalue weighted by Crippen LogP contribution is -2.00. The van der Waals surface area contributed by atoms with Gasteiger partial charge in [0, 0.05) is 24.1 Å². The molecule has 5 heteroatoms. The number of pyridine rings is 1. The summed E-state index contributed by atoms with van der Waals surface area (Å²) in [7, 11) is 0.367. The Bertz CT molecular complexity index is 558. The van der Waals surface area contributed by atoms with E-state index in [1.54, 1.807) is 37.7 Å². The number of nitrogens with zero attached hydrogens (tertiary/aromatic N) is 1. The maximum atomic E-state index is 12.3. The molecular weight excluding hydrogens is 248 g/mol. The minimum absolute atomic E-state index is 0.411. The van der Waals surface area contributed by atoms with Crippen LogP contribution in [0.25, 0.3) is 0 Å². The summed E-state index contributed by atoms with van der Waals surface area (Å²) in [6, 6.07) is 8.86. The van der Waals surface area contributed by atoms with Crippen molar-refractivity contribution in [2.24, 2.45) is 0 Å². The van der Waals surface area contributed by atoms with Gasteiger partial charge in [-0.2, -0.15) is 0 Å². The van der Waals surface area contributed by atoms with E-state index in [1.807, 2.05) is 12.1 Å². The Morgan fingerprint density at radius 3 is 2.89 bits per heavy atom. The van der Waals surface area contributed by atoms with Gasteiger partial charge in [-0.15, -0.1) is 0 Å². The maximum Gasteiger partial charge on any atom is 0.137 e. The van der Waals surface area contributed by atoms with E-state index >= 15 is 0 Å². The third-order valence-corrected chi connectivity index (χ3v) is 3.88. The third-order valence-electron chi connectivity index (χ3n) is 2.45. The summed E-state index contributed by atoms with van der Waals surface area (Å²) in [5.41, 5.74) is 7.18. The molecule has 18 heavy (non-hydrogen) atoms. The first-order chi connectivity index (χ1) is 8.70. The SMILES string of the molecule is COc1cc(N)ccc1S(=O)Cc1cccnc1. The molecule has 4 nitrogen and oxygen atoms in total. The topological polar surface area (TPSA) is 65.2 Å². The van der Waals surface area contributed by atoms with Crippen LogP contribution in [-0.4, -0.2) is 16.3 Å². The first-order valence-corrected chi connectivity index (χ1v) is 6.73. The Kier molecular flexibility index (Phi) is 3.94. The highest BCUT2D eigenvalue weighted by molar-refractivity contribution is 7.84. The number of hydrogen-bond acceptors (Lipinski definition) is 4. The van der Waals surface area contributed by atoms with Crippen molar-refractivity contribution in [3.05, 3.63) is 48.3 Å². The lowest BCUT2D eigenvalue weighted by Gasteiger charge is -2.09. The van der Waals surface area contributed by atoms with Crippen molar-refractivity contribution in [1.29, 1.82) is 0 Å². The number of nitrogen functional groups attached to an aromatic ring is 1. The van der Waals surface area contributed by atoms with Crippen LogP contribution in [0.2, 0.25) is 0 Å². The predicted molar refractivity (Wildman–Crippen MR) is 71.8 cm³/mol. The molecule has 2 N–H and O–H groups in total. The van der Waals surface area contributed by atoms with Gasteiger partial charge < -0.3 is 10.5 Å². The fourth-order valence-electron chi connectivity index (χ4n) is 1.58. The van der Waals surface area contributed by atoms with E-state index in [1.165, 1.54) is 0 Å². The summed E-state index contributed by atoms with van der Waals surface area (Å²) < 4.78 is 17.5. The lowest BCUT2D eigenvalue weighted by atomic mass is 10.3. The molecule has 0 bridgehead atoms. The molecule has 0 saturated heterocycles. The Morgan fingerprint density at radius 1 is 1.39 bits per heavy atom. The second-order valence-corrected chi connectivity index (χ2v) is 5.18. The molecule has 0 aliphatic rings. The first kappa shape index (κ1) is 12.6. The van der Waals surface area contributed by atoms with Crippen LogP contribution in [0.5, 0.6) is 5.75 Å². The van der Waals surface area contributed by atoms with Crippen molar-refractivity contribution < 1.29 is 8.95 Å². The second-order valence-electron chi connectivity index (χ2n) is 3.76. The van der Waals surface area contributed by atoms with Gasteiger partial charge in [-0.05, 0) is 23.8 Å². The highest BCUT2D eigenvalue weighted by atomic mass is 32.2. The summed E-state index contributed by atoms with van der Waals surface area (Å²) in [6.07, 6.45) is 3.40. The van der Waals surface area contributed by atoms with Crippen molar-refractivity contribution >= 4 is 16.5 Å². The number of nitrogens with two attached hydrogens (primary N) is 1. The molecule has 0 aliphatic heterocycles. The average Bonchev–Trinajstić information content (AvgIpc) is 2.39. The lowest BCUT2D eigenvalue weighted by molar-refractivity contribution is 0.404. The molecule has 2 aromatic rings. The molecule has 1 aromatic carbocycles. The second kappa shape index (κ2) is 5.64. The Morgan fingerprint density at radius 2 is 2.22 bits per heavy atom. The van der Waals surface area contributed by atoms with Gasteiger partial charge in [-0.25, -0.2) is 0 Å². The standard InChI is InChI=1S/C13H14N2O2S/c1-17-12-7-11(14)4-5-13(12)18(16)9-10-3-2-6-15-8-10/h2-8H,9,14H2,1H3. The van der Waals surface area contributed by atoms with Gasteiger partial charge in [-0.1, -0.05) is 6.07 Å².